The van der Waals surface area contributed by atoms with Gasteiger partial charge >= 0.3 is 0 Å². The molecule has 0 fully saturated rings. The predicted molar refractivity (Wildman–Crippen MR) is 527 cm³/mol. The molecule has 0 saturated heterocycles. The fourth-order valence-corrected chi connectivity index (χ4v) is 21.6. The Hall–Kier alpha value is -13.2. The first-order chi connectivity index (χ1) is 59.2. The summed E-state index contributed by atoms with van der Waals surface area (Å²) in [5.74, 6) is 0. The van der Waals surface area contributed by atoms with Gasteiger partial charge < -0.3 is 20.0 Å². The third kappa shape index (κ3) is 11.8. The molecule has 596 valence electrons. The number of hydrogen-bond acceptors (Lipinski definition) is 4. The van der Waals surface area contributed by atoms with Crippen LogP contribution < -0.4 is 52.8 Å². The van der Waals surface area contributed by atoms with Crippen molar-refractivity contribution in [2.75, 3.05) is 20.0 Å². The van der Waals surface area contributed by atoms with E-state index >= 15 is 0 Å². The van der Waals surface area contributed by atoms with E-state index in [0.717, 1.165) is 84.8 Å². The molecule has 0 aromatic heterocycles. The van der Waals surface area contributed by atoms with E-state index in [1.54, 1.807) is 0 Å². The van der Waals surface area contributed by atoms with Gasteiger partial charge in [-0.3, -0.25) is 0 Å². The minimum absolute atomic E-state index is 0.118. The smallest absolute Gasteiger partial charge is 0.252 e. The molecular formula is C117H102B2N4. The molecule has 0 amide bonds. The average molecular weight is 1590 g/mol. The molecule has 16 aromatic carbocycles. The summed E-state index contributed by atoms with van der Waals surface area (Å²) >= 11 is 0. The van der Waals surface area contributed by atoms with Crippen LogP contribution in [0.5, 0.6) is 0 Å². The van der Waals surface area contributed by atoms with Crippen molar-refractivity contribution >= 4 is 109 Å². The van der Waals surface area contributed by atoms with Crippen molar-refractivity contribution < 1.29 is 0 Å². The lowest BCUT2D eigenvalue weighted by Crippen LogP contribution is -2.65. The first-order valence-electron chi connectivity index (χ1n) is 44.3. The molecule has 1 spiro atoms. The van der Waals surface area contributed by atoms with Crippen LogP contribution in [0.25, 0.3) is 77.9 Å². The lowest BCUT2D eigenvalue weighted by molar-refractivity contribution is 0.569. The Morgan fingerprint density at radius 3 is 1.05 bits per heavy atom. The molecule has 123 heavy (non-hydrogen) atoms. The number of benzene rings is 16. The number of hydrogen-bond donors (Lipinski definition) is 1. The normalized spacial score (nSPS) is 14.2. The molecule has 0 saturated carbocycles. The lowest BCUT2D eigenvalue weighted by atomic mass is 9.30. The topological polar surface area (TPSA) is 21.8 Å². The van der Waals surface area contributed by atoms with Gasteiger partial charge in [0, 0.05) is 62.2 Å². The van der Waals surface area contributed by atoms with Gasteiger partial charge in [-0.25, -0.2) is 0 Å². The number of rotatable bonds is 8. The van der Waals surface area contributed by atoms with E-state index < -0.39 is 5.41 Å². The van der Waals surface area contributed by atoms with Gasteiger partial charge in [0.25, 0.3) is 13.4 Å². The Balaban J connectivity index is 0.915. The van der Waals surface area contributed by atoms with Crippen LogP contribution in [0, 0.1) is 0 Å². The highest BCUT2D eigenvalue weighted by Gasteiger charge is 2.54. The van der Waals surface area contributed by atoms with E-state index in [0.29, 0.717) is 0 Å². The summed E-state index contributed by atoms with van der Waals surface area (Å²) in [4.78, 5) is 8.18. The highest BCUT2D eigenvalue weighted by Crippen LogP contribution is 2.66. The quantitative estimate of drug-likeness (QED) is 0.153. The predicted octanol–water partition coefficient (Wildman–Crippen LogP) is 27.3. The Morgan fingerprint density at radius 1 is 0.211 bits per heavy atom. The van der Waals surface area contributed by atoms with Gasteiger partial charge in [-0.1, -0.05) is 365 Å². The summed E-state index contributed by atoms with van der Waals surface area (Å²) in [6, 6.07) is 133. The summed E-state index contributed by atoms with van der Waals surface area (Å²) in [6.45, 7) is 34.9. The summed E-state index contributed by atoms with van der Waals surface area (Å²) in [5.41, 5.74) is 47.1. The Labute approximate surface area is 727 Å². The van der Waals surface area contributed by atoms with Crippen LogP contribution in [0.1, 0.15) is 154 Å². The van der Waals surface area contributed by atoms with Gasteiger partial charge in [-0.05, 0) is 250 Å². The molecule has 4 heterocycles. The summed E-state index contributed by atoms with van der Waals surface area (Å²) < 4.78 is 0. The maximum atomic E-state index is 4.22. The first-order valence-corrected chi connectivity index (χ1v) is 44.3. The monoisotopic (exact) mass is 1580 g/mol. The van der Waals surface area contributed by atoms with Crippen molar-refractivity contribution in [2.45, 2.75) is 136 Å². The molecule has 4 aliphatic heterocycles. The maximum absolute atomic E-state index is 4.22. The molecule has 16 aromatic rings. The van der Waals surface area contributed by atoms with Crippen molar-refractivity contribution in [3.63, 3.8) is 0 Å². The standard InChI is InChI=1S/C117H102B2N4/c1-112(2,3)78-54-57-100(88(67-78)72-36-19-16-20-37-72)121-103-53-34-32-51-95(103)119-97-70-96-104(122(101-58-55-79(113(4,5)6)68-89(101)73-38-21-17-22-39-73)106-63-76(62-99-110(106)118(96)94-50-31-33-52-98(94)120-99)75-60-81(115(10,11)12)66-82(61-75)116(13,14)15)71-105(97)123(102-59-56-80(114(7,8)9)69-90(102)74-40-23-18-24-41-74)108-65-77(64-107(121)111(108)119)83-45-35-46-87-86-44-27-30-49-93(86)117(109(83)87)91-47-28-25-42-84(91)85-43-26-29-48-92(85)117/h16-71,120H,1-15H3. The van der Waals surface area contributed by atoms with Crippen LogP contribution in [0.15, 0.2) is 340 Å². The highest BCUT2D eigenvalue weighted by atomic mass is 15.2. The number of fused-ring (bicyclic) bond motifs is 18. The number of anilines is 11. The second kappa shape index (κ2) is 27.4. The molecule has 6 heteroatoms. The minimum atomic E-state index is -0.657. The second-order valence-electron chi connectivity index (χ2n) is 40.5. The fourth-order valence-electron chi connectivity index (χ4n) is 21.6. The molecule has 1 N–H and O–H groups in total. The van der Waals surface area contributed by atoms with E-state index in [4.69, 9.17) is 0 Å². The van der Waals surface area contributed by atoms with Gasteiger partial charge in [0.1, 0.15) is 0 Å². The van der Waals surface area contributed by atoms with Gasteiger partial charge in [0.15, 0.2) is 0 Å². The van der Waals surface area contributed by atoms with Crippen LogP contribution in [-0.4, -0.2) is 13.4 Å². The molecule has 0 radical (unpaired) electrons. The van der Waals surface area contributed by atoms with E-state index in [1.165, 1.54) is 138 Å². The molecule has 2 aliphatic carbocycles. The molecule has 6 aliphatic rings. The largest absolute Gasteiger partial charge is 0.356 e. The van der Waals surface area contributed by atoms with Crippen LogP contribution in [0.3, 0.4) is 0 Å². The molecule has 22 rings (SSSR count). The third-order valence-electron chi connectivity index (χ3n) is 27.8. The van der Waals surface area contributed by atoms with E-state index in [1.807, 2.05) is 0 Å². The Morgan fingerprint density at radius 2 is 0.577 bits per heavy atom. The molecular weight excluding hydrogens is 1480 g/mol. The van der Waals surface area contributed by atoms with Crippen molar-refractivity contribution in [3.05, 3.63) is 390 Å². The number of nitrogens with one attached hydrogen (secondary N) is 1. The zero-order chi connectivity index (χ0) is 84.3. The van der Waals surface area contributed by atoms with Crippen molar-refractivity contribution in [2.24, 2.45) is 0 Å². The average Bonchev–Trinajstić information content (AvgIpc) is 1.55. The van der Waals surface area contributed by atoms with Crippen LogP contribution >= 0.6 is 0 Å². The number of nitrogens with zero attached hydrogens (tertiary/aromatic N) is 3. The lowest BCUT2D eigenvalue weighted by Gasteiger charge is -2.47. The number of para-hydroxylation sites is 2. The van der Waals surface area contributed by atoms with Gasteiger partial charge in [-0.15, -0.1) is 0 Å². The zero-order valence-electron chi connectivity index (χ0n) is 73.3. The fraction of sp³-hybridized carbons (Fsp3) is 0.179. The van der Waals surface area contributed by atoms with Crippen LogP contribution in [0.2, 0.25) is 0 Å². The summed E-state index contributed by atoms with van der Waals surface area (Å²) in [6.07, 6.45) is 0. The minimum Gasteiger partial charge on any atom is -0.356 e. The van der Waals surface area contributed by atoms with Gasteiger partial charge in [-0.2, -0.15) is 0 Å². The van der Waals surface area contributed by atoms with E-state index in [2.05, 4.69) is 464 Å². The molecule has 0 unspecified atom stereocenters. The zero-order valence-corrected chi connectivity index (χ0v) is 73.3. The second-order valence-corrected chi connectivity index (χ2v) is 40.5. The van der Waals surface area contributed by atoms with Gasteiger partial charge in [0.2, 0.25) is 0 Å². The third-order valence-corrected chi connectivity index (χ3v) is 27.8. The Bertz CT molecular complexity index is 6980. The summed E-state index contributed by atoms with van der Waals surface area (Å²) in [5, 5.41) is 4.22. The Kier molecular flexibility index (Phi) is 17.0. The summed E-state index contributed by atoms with van der Waals surface area (Å²) in [7, 11) is 0. The molecule has 0 atom stereocenters. The van der Waals surface area contributed by atoms with Crippen molar-refractivity contribution in [1.29, 1.82) is 0 Å². The van der Waals surface area contributed by atoms with E-state index in [9.17, 15) is 0 Å². The highest BCUT2D eigenvalue weighted by molar-refractivity contribution is 7.03. The molecule has 4 nitrogen and oxygen atoms in total. The molecule has 0 bridgehead atoms. The van der Waals surface area contributed by atoms with Crippen molar-refractivity contribution in [3.8, 4) is 77.9 Å². The first kappa shape index (κ1) is 76.0. The van der Waals surface area contributed by atoms with Crippen LogP contribution in [-0.2, 0) is 32.5 Å². The maximum Gasteiger partial charge on any atom is 0.252 e. The SMILES string of the molecule is CC(C)(C)c1cc(-c2cc3c4c(c2)N(c2ccc(C(C)(C)C)cc2-c2ccccc2)c2cc5c(cc2B4c2ccccc2N3)B2c3ccccc3N(c3ccc(C(C)(C)C)cc3-c3ccccc3)c3cc(-c4cccc6c4C4(c7ccccc7-c7ccccc74)c4ccccc4-6)cc(c32)N5c2ccc(C(C)(C)C)cc2-c2ccccc2)cc(C(C)(C)C)c1. The van der Waals surface area contributed by atoms with Crippen LogP contribution in [0.4, 0.5) is 62.6 Å². The van der Waals surface area contributed by atoms with Crippen molar-refractivity contribution in [1.82, 2.24) is 0 Å². The van der Waals surface area contributed by atoms with Gasteiger partial charge in [0.05, 0.1) is 22.5 Å². The van der Waals surface area contributed by atoms with E-state index in [-0.39, 0.29) is 40.5 Å².